The molecule has 0 aliphatic carbocycles. The van der Waals surface area contributed by atoms with Gasteiger partial charge in [0.15, 0.2) is 0 Å². The summed E-state index contributed by atoms with van der Waals surface area (Å²) in [6, 6.07) is 18.3. The Morgan fingerprint density at radius 1 is 1.00 bits per heavy atom. The number of hydrogen-bond donors (Lipinski definition) is 2. The molecule has 2 N–H and O–H groups in total. The summed E-state index contributed by atoms with van der Waals surface area (Å²) in [6.45, 7) is 0.0943. The second kappa shape index (κ2) is 9.23. The van der Waals surface area contributed by atoms with Crippen molar-refractivity contribution < 1.29 is 18.7 Å². The third kappa shape index (κ3) is 5.01. The molecule has 0 unspecified atom stereocenters. The molecule has 144 valence electrons. The fraction of sp³-hybridized carbons (Fsp3) is 0.143. The van der Waals surface area contributed by atoms with E-state index < -0.39 is 0 Å². The highest BCUT2D eigenvalue weighted by molar-refractivity contribution is 9.10. The Bertz CT molecular complexity index is 967. The fourth-order valence-corrected chi connectivity index (χ4v) is 2.84. The Labute approximate surface area is 171 Å². The highest BCUT2D eigenvalue weighted by Crippen LogP contribution is 2.24. The van der Waals surface area contributed by atoms with Gasteiger partial charge in [-0.3, -0.25) is 9.59 Å². The van der Waals surface area contributed by atoms with Gasteiger partial charge in [-0.15, -0.1) is 0 Å². The molecule has 7 heteroatoms. The quantitative estimate of drug-likeness (QED) is 0.583. The standard InChI is InChI=1S/C21H19BrN2O4/c1-27-19-5-3-2-4-17(19)21(26)24-13-20(25)23-12-16-10-11-18(28-16)14-6-8-15(22)9-7-14/h2-11H,12-13H2,1H3,(H,23,25)(H,24,26). The molecule has 28 heavy (non-hydrogen) atoms. The molecule has 0 aliphatic heterocycles. The Balaban J connectivity index is 1.49. The molecule has 1 heterocycles. The zero-order valence-corrected chi connectivity index (χ0v) is 16.8. The first-order valence-corrected chi connectivity index (χ1v) is 9.38. The minimum atomic E-state index is -0.372. The molecule has 0 spiro atoms. The van der Waals surface area contributed by atoms with Crippen LogP contribution in [0.15, 0.2) is 69.6 Å². The first kappa shape index (κ1) is 19.7. The minimum absolute atomic E-state index is 0.142. The Morgan fingerprint density at radius 3 is 2.50 bits per heavy atom. The summed E-state index contributed by atoms with van der Waals surface area (Å²) >= 11 is 3.40. The maximum absolute atomic E-state index is 12.2. The maximum atomic E-state index is 12.2. The van der Waals surface area contributed by atoms with Crippen LogP contribution < -0.4 is 15.4 Å². The van der Waals surface area contributed by atoms with Crippen LogP contribution in [0.3, 0.4) is 0 Å². The average Bonchev–Trinajstić information content (AvgIpc) is 3.20. The van der Waals surface area contributed by atoms with Crippen LogP contribution in [0.2, 0.25) is 0 Å². The van der Waals surface area contributed by atoms with Gasteiger partial charge in [0.05, 0.1) is 25.8 Å². The largest absolute Gasteiger partial charge is 0.496 e. The van der Waals surface area contributed by atoms with Crippen LogP contribution >= 0.6 is 15.9 Å². The number of benzene rings is 2. The van der Waals surface area contributed by atoms with Gasteiger partial charge < -0.3 is 19.8 Å². The molecule has 2 aromatic carbocycles. The number of carbonyl (C=O) groups excluding carboxylic acids is 2. The number of para-hydroxylation sites is 1. The molecule has 0 atom stereocenters. The summed E-state index contributed by atoms with van der Waals surface area (Å²) < 4.78 is 11.9. The Hall–Kier alpha value is -3.06. The molecule has 3 rings (SSSR count). The molecule has 0 radical (unpaired) electrons. The third-order valence-electron chi connectivity index (χ3n) is 4.01. The first-order valence-electron chi connectivity index (χ1n) is 8.59. The number of amides is 2. The molecule has 1 aromatic heterocycles. The highest BCUT2D eigenvalue weighted by atomic mass is 79.9. The summed E-state index contributed by atoms with van der Waals surface area (Å²) in [5.41, 5.74) is 1.33. The minimum Gasteiger partial charge on any atom is -0.496 e. The van der Waals surface area contributed by atoms with Gasteiger partial charge in [-0.2, -0.15) is 0 Å². The molecular formula is C21H19BrN2O4. The van der Waals surface area contributed by atoms with E-state index in [-0.39, 0.29) is 24.9 Å². The second-order valence-corrected chi connectivity index (χ2v) is 6.85. The Morgan fingerprint density at radius 2 is 1.75 bits per heavy atom. The number of carbonyl (C=O) groups is 2. The SMILES string of the molecule is COc1ccccc1C(=O)NCC(=O)NCc1ccc(-c2ccc(Br)cc2)o1. The lowest BCUT2D eigenvalue weighted by molar-refractivity contribution is -0.120. The maximum Gasteiger partial charge on any atom is 0.255 e. The summed E-state index contributed by atoms with van der Waals surface area (Å²) in [5, 5.41) is 5.30. The molecular weight excluding hydrogens is 424 g/mol. The summed E-state index contributed by atoms with van der Waals surface area (Å²) in [7, 11) is 1.49. The van der Waals surface area contributed by atoms with Crippen LogP contribution in [-0.4, -0.2) is 25.5 Å². The van der Waals surface area contributed by atoms with Crippen LogP contribution in [0, 0.1) is 0 Å². The second-order valence-electron chi connectivity index (χ2n) is 5.93. The lowest BCUT2D eigenvalue weighted by atomic mass is 10.2. The lowest BCUT2D eigenvalue weighted by Gasteiger charge is -2.09. The van der Waals surface area contributed by atoms with E-state index in [4.69, 9.17) is 9.15 Å². The van der Waals surface area contributed by atoms with Crippen molar-refractivity contribution in [2.75, 3.05) is 13.7 Å². The number of ether oxygens (including phenoxy) is 1. The molecule has 0 aliphatic rings. The number of rotatable bonds is 7. The monoisotopic (exact) mass is 442 g/mol. The van der Waals surface area contributed by atoms with E-state index >= 15 is 0 Å². The highest BCUT2D eigenvalue weighted by Gasteiger charge is 2.13. The molecule has 0 saturated carbocycles. The number of halogens is 1. The van der Waals surface area contributed by atoms with E-state index in [1.165, 1.54) is 7.11 Å². The van der Waals surface area contributed by atoms with Crippen molar-refractivity contribution in [2.45, 2.75) is 6.54 Å². The van der Waals surface area contributed by atoms with Crippen LogP contribution in [-0.2, 0) is 11.3 Å². The number of methoxy groups -OCH3 is 1. The van der Waals surface area contributed by atoms with Gasteiger partial charge >= 0.3 is 0 Å². The van der Waals surface area contributed by atoms with Crippen molar-refractivity contribution in [3.63, 3.8) is 0 Å². The van der Waals surface area contributed by atoms with E-state index in [1.807, 2.05) is 36.4 Å². The zero-order chi connectivity index (χ0) is 19.9. The van der Waals surface area contributed by atoms with Crippen LogP contribution in [0.5, 0.6) is 5.75 Å². The summed E-state index contributed by atoms with van der Waals surface area (Å²) in [6.07, 6.45) is 0. The predicted octanol–water partition coefficient (Wildman–Crippen LogP) is 3.76. The molecule has 0 saturated heterocycles. The van der Waals surface area contributed by atoms with E-state index in [0.29, 0.717) is 17.1 Å². The fourth-order valence-electron chi connectivity index (χ4n) is 2.58. The van der Waals surface area contributed by atoms with Gasteiger partial charge in [0.2, 0.25) is 5.91 Å². The van der Waals surface area contributed by atoms with Crippen molar-refractivity contribution >= 4 is 27.7 Å². The van der Waals surface area contributed by atoms with Crippen LogP contribution in [0.25, 0.3) is 11.3 Å². The van der Waals surface area contributed by atoms with Gasteiger partial charge in [-0.25, -0.2) is 0 Å². The van der Waals surface area contributed by atoms with E-state index in [9.17, 15) is 9.59 Å². The topological polar surface area (TPSA) is 80.6 Å². The van der Waals surface area contributed by atoms with E-state index in [1.54, 1.807) is 24.3 Å². The molecule has 6 nitrogen and oxygen atoms in total. The first-order chi connectivity index (χ1) is 13.6. The summed E-state index contributed by atoms with van der Waals surface area (Å²) in [5.74, 6) is 1.12. The van der Waals surface area contributed by atoms with Crippen molar-refractivity contribution in [3.05, 3.63) is 76.5 Å². The third-order valence-corrected chi connectivity index (χ3v) is 4.54. The van der Waals surface area contributed by atoms with E-state index in [0.717, 1.165) is 15.8 Å². The molecule has 2 amide bonds. The number of furan rings is 1. The van der Waals surface area contributed by atoms with Gasteiger partial charge in [0, 0.05) is 10.0 Å². The smallest absolute Gasteiger partial charge is 0.255 e. The van der Waals surface area contributed by atoms with Crippen molar-refractivity contribution in [3.8, 4) is 17.1 Å². The van der Waals surface area contributed by atoms with Crippen LogP contribution in [0.4, 0.5) is 0 Å². The van der Waals surface area contributed by atoms with Crippen molar-refractivity contribution in [1.29, 1.82) is 0 Å². The molecule has 0 bridgehead atoms. The van der Waals surface area contributed by atoms with Gasteiger partial charge in [0.1, 0.15) is 17.3 Å². The normalized spacial score (nSPS) is 10.4. The van der Waals surface area contributed by atoms with Gasteiger partial charge in [0.25, 0.3) is 5.91 Å². The number of nitrogens with one attached hydrogen (secondary N) is 2. The molecule has 0 fully saturated rings. The predicted molar refractivity (Wildman–Crippen MR) is 109 cm³/mol. The average molecular weight is 443 g/mol. The van der Waals surface area contributed by atoms with Crippen molar-refractivity contribution in [1.82, 2.24) is 10.6 Å². The van der Waals surface area contributed by atoms with Gasteiger partial charge in [-0.05, 0) is 36.4 Å². The van der Waals surface area contributed by atoms with E-state index in [2.05, 4.69) is 26.6 Å². The molecule has 3 aromatic rings. The lowest BCUT2D eigenvalue weighted by Crippen LogP contribution is -2.36. The van der Waals surface area contributed by atoms with Crippen molar-refractivity contribution in [2.24, 2.45) is 0 Å². The number of hydrogen-bond acceptors (Lipinski definition) is 4. The zero-order valence-electron chi connectivity index (χ0n) is 15.2. The Kier molecular flexibility index (Phi) is 6.49. The van der Waals surface area contributed by atoms with Crippen LogP contribution in [0.1, 0.15) is 16.1 Å². The van der Waals surface area contributed by atoms with Gasteiger partial charge in [-0.1, -0.05) is 40.2 Å². The summed E-state index contributed by atoms with van der Waals surface area (Å²) in [4.78, 5) is 24.2.